The quantitative estimate of drug-likeness (QED) is 0.679. The molecule has 1 aliphatic heterocycles. The molecule has 2 aromatic rings. The lowest BCUT2D eigenvalue weighted by atomic mass is 10.1. The second-order valence-electron chi connectivity index (χ2n) is 4.13. The summed E-state index contributed by atoms with van der Waals surface area (Å²) >= 11 is 11.5. The number of hydrogen-bond donors (Lipinski definition) is 1. The molecule has 2 heterocycles. The standard InChI is InChI=1S/C13H9Cl2N3O3/c14-9-6-10(18-13(15)16-9)17-12(19)7-2-1-3-8-11(7)21-5-4-20-8/h1-3,6H,4-5H2,(H,16,17,18,19). The van der Waals surface area contributed by atoms with Gasteiger partial charge in [0.05, 0.1) is 5.56 Å². The van der Waals surface area contributed by atoms with Gasteiger partial charge in [0, 0.05) is 6.07 Å². The summed E-state index contributed by atoms with van der Waals surface area (Å²) in [4.78, 5) is 19.9. The number of anilines is 1. The number of hydrogen-bond acceptors (Lipinski definition) is 5. The van der Waals surface area contributed by atoms with Crippen LogP contribution in [-0.4, -0.2) is 29.1 Å². The van der Waals surface area contributed by atoms with E-state index < -0.39 is 5.91 Å². The highest BCUT2D eigenvalue weighted by Gasteiger charge is 2.20. The Labute approximate surface area is 130 Å². The van der Waals surface area contributed by atoms with E-state index in [9.17, 15) is 4.79 Å². The van der Waals surface area contributed by atoms with E-state index in [1.54, 1.807) is 18.2 Å². The Morgan fingerprint density at radius 2 is 2.00 bits per heavy atom. The van der Waals surface area contributed by atoms with Crippen molar-refractivity contribution in [3.63, 3.8) is 0 Å². The van der Waals surface area contributed by atoms with Crippen molar-refractivity contribution in [1.82, 2.24) is 9.97 Å². The van der Waals surface area contributed by atoms with Crippen LogP contribution in [0.5, 0.6) is 11.5 Å². The van der Waals surface area contributed by atoms with Crippen LogP contribution >= 0.6 is 23.2 Å². The molecule has 0 fully saturated rings. The third-order valence-corrected chi connectivity index (χ3v) is 3.08. The van der Waals surface area contributed by atoms with Crippen LogP contribution in [0.4, 0.5) is 5.82 Å². The van der Waals surface area contributed by atoms with Crippen LogP contribution in [0.15, 0.2) is 24.3 Å². The first-order chi connectivity index (χ1) is 10.1. The van der Waals surface area contributed by atoms with E-state index in [0.29, 0.717) is 30.3 Å². The van der Waals surface area contributed by atoms with Gasteiger partial charge in [-0.1, -0.05) is 17.7 Å². The van der Waals surface area contributed by atoms with Crippen LogP contribution in [0.1, 0.15) is 10.4 Å². The number of nitrogens with zero attached hydrogens (tertiary/aromatic N) is 2. The van der Waals surface area contributed by atoms with Gasteiger partial charge in [-0.15, -0.1) is 0 Å². The molecule has 0 saturated carbocycles. The molecule has 108 valence electrons. The van der Waals surface area contributed by atoms with Crippen molar-refractivity contribution in [3.8, 4) is 11.5 Å². The Balaban J connectivity index is 1.89. The third-order valence-electron chi connectivity index (χ3n) is 2.72. The minimum absolute atomic E-state index is 0.0486. The van der Waals surface area contributed by atoms with Crippen molar-refractivity contribution in [2.75, 3.05) is 18.5 Å². The number of rotatable bonds is 2. The number of para-hydroxylation sites is 1. The lowest BCUT2D eigenvalue weighted by Crippen LogP contribution is -2.20. The van der Waals surface area contributed by atoms with Gasteiger partial charge in [-0.25, -0.2) is 9.97 Å². The van der Waals surface area contributed by atoms with E-state index in [-0.39, 0.29) is 16.3 Å². The second-order valence-corrected chi connectivity index (χ2v) is 4.85. The number of carbonyl (C=O) groups is 1. The molecule has 0 unspecified atom stereocenters. The van der Waals surface area contributed by atoms with Gasteiger partial charge in [0.1, 0.15) is 24.2 Å². The lowest BCUT2D eigenvalue weighted by Gasteiger charge is -2.20. The zero-order chi connectivity index (χ0) is 14.8. The SMILES string of the molecule is O=C(Nc1cc(Cl)nc(Cl)n1)c1cccc2c1OCCO2. The van der Waals surface area contributed by atoms with Crippen molar-refractivity contribution in [1.29, 1.82) is 0 Å². The summed E-state index contributed by atoms with van der Waals surface area (Å²) in [5.74, 6) is 0.752. The average Bonchev–Trinajstić information content (AvgIpc) is 2.45. The van der Waals surface area contributed by atoms with Crippen LogP contribution < -0.4 is 14.8 Å². The summed E-state index contributed by atoms with van der Waals surface area (Å²) in [6.45, 7) is 0.845. The summed E-state index contributed by atoms with van der Waals surface area (Å²) in [7, 11) is 0. The summed E-state index contributed by atoms with van der Waals surface area (Å²) < 4.78 is 10.9. The van der Waals surface area contributed by atoms with E-state index in [0.717, 1.165) is 0 Å². The molecule has 1 aromatic carbocycles. The molecule has 3 rings (SSSR count). The van der Waals surface area contributed by atoms with Crippen molar-refractivity contribution in [2.45, 2.75) is 0 Å². The van der Waals surface area contributed by atoms with Crippen molar-refractivity contribution in [3.05, 3.63) is 40.3 Å². The Hall–Kier alpha value is -2.05. The molecule has 1 aliphatic rings. The van der Waals surface area contributed by atoms with Gasteiger partial charge in [0.15, 0.2) is 11.5 Å². The number of aromatic nitrogens is 2. The zero-order valence-electron chi connectivity index (χ0n) is 10.6. The molecule has 1 N–H and O–H groups in total. The average molecular weight is 326 g/mol. The highest BCUT2D eigenvalue weighted by Crippen LogP contribution is 2.33. The molecule has 0 spiro atoms. The molecule has 0 aliphatic carbocycles. The summed E-state index contributed by atoms with van der Waals surface area (Å²) in [5.41, 5.74) is 0.345. The highest BCUT2D eigenvalue weighted by atomic mass is 35.5. The van der Waals surface area contributed by atoms with Crippen LogP contribution in [0.3, 0.4) is 0 Å². The molecule has 1 amide bonds. The molecule has 21 heavy (non-hydrogen) atoms. The van der Waals surface area contributed by atoms with Crippen LogP contribution in [0.25, 0.3) is 0 Å². The minimum Gasteiger partial charge on any atom is -0.486 e. The van der Waals surface area contributed by atoms with Crippen LogP contribution in [0.2, 0.25) is 10.4 Å². The molecule has 8 heteroatoms. The van der Waals surface area contributed by atoms with Crippen molar-refractivity contribution < 1.29 is 14.3 Å². The van der Waals surface area contributed by atoms with E-state index >= 15 is 0 Å². The molecule has 0 radical (unpaired) electrons. The van der Waals surface area contributed by atoms with Crippen molar-refractivity contribution in [2.24, 2.45) is 0 Å². The fraction of sp³-hybridized carbons (Fsp3) is 0.154. The first-order valence-corrected chi connectivity index (χ1v) is 6.79. The lowest BCUT2D eigenvalue weighted by molar-refractivity contribution is 0.101. The summed E-state index contributed by atoms with van der Waals surface area (Å²) in [6, 6.07) is 6.48. The van der Waals surface area contributed by atoms with E-state index in [1.165, 1.54) is 6.07 Å². The third kappa shape index (κ3) is 3.01. The molecule has 1 aromatic heterocycles. The van der Waals surface area contributed by atoms with Gasteiger partial charge < -0.3 is 14.8 Å². The van der Waals surface area contributed by atoms with Gasteiger partial charge in [0.2, 0.25) is 5.28 Å². The Bertz CT molecular complexity index is 689. The maximum absolute atomic E-state index is 12.3. The first-order valence-electron chi connectivity index (χ1n) is 6.03. The van der Waals surface area contributed by atoms with Crippen LogP contribution in [-0.2, 0) is 0 Å². The molecule has 0 bridgehead atoms. The fourth-order valence-corrected chi connectivity index (χ4v) is 2.30. The predicted octanol–water partition coefficient (Wildman–Crippen LogP) is 2.81. The number of halogens is 2. The summed E-state index contributed by atoms with van der Waals surface area (Å²) in [6.07, 6.45) is 0. The van der Waals surface area contributed by atoms with Gasteiger partial charge in [0.25, 0.3) is 5.91 Å². The molecule has 0 atom stereocenters. The fourth-order valence-electron chi connectivity index (χ4n) is 1.89. The highest BCUT2D eigenvalue weighted by molar-refractivity contribution is 6.32. The Morgan fingerprint density at radius 3 is 2.81 bits per heavy atom. The van der Waals surface area contributed by atoms with Crippen LogP contribution in [0, 0.1) is 0 Å². The number of nitrogens with one attached hydrogen (secondary N) is 1. The predicted molar refractivity (Wildman–Crippen MR) is 77.4 cm³/mol. The smallest absolute Gasteiger partial charge is 0.260 e. The number of benzene rings is 1. The Morgan fingerprint density at radius 1 is 1.19 bits per heavy atom. The largest absolute Gasteiger partial charge is 0.486 e. The first kappa shape index (κ1) is 13.9. The van der Waals surface area contributed by atoms with E-state index in [4.69, 9.17) is 32.7 Å². The zero-order valence-corrected chi connectivity index (χ0v) is 12.1. The number of fused-ring (bicyclic) bond motifs is 1. The summed E-state index contributed by atoms with van der Waals surface area (Å²) in [5, 5.41) is 2.69. The maximum atomic E-state index is 12.3. The molecular weight excluding hydrogens is 317 g/mol. The molecular formula is C13H9Cl2N3O3. The van der Waals surface area contributed by atoms with Crippen molar-refractivity contribution >= 4 is 34.9 Å². The number of carbonyl (C=O) groups excluding carboxylic acids is 1. The normalized spacial score (nSPS) is 12.9. The topological polar surface area (TPSA) is 73.3 Å². The van der Waals surface area contributed by atoms with Gasteiger partial charge in [-0.05, 0) is 23.7 Å². The van der Waals surface area contributed by atoms with E-state index in [2.05, 4.69) is 15.3 Å². The van der Waals surface area contributed by atoms with E-state index in [1.807, 2.05) is 0 Å². The number of ether oxygens (including phenoxy) is 2. The maximum Gasteiger partial charge on any atom is 0.260 e. The molecule has 6 nitrogen and oxygen atoms in total. The Kier molecular flexibility index (Phi) is 3.81. The minimum atomic E-state index is -0.400. The second kappa shape index (κ2) is 5.75. The van der Waals surface area contributed by atoms with Gasteiger partial charge in [-0.3, -0.25) is 4.79 Å². The monoisotopic (exact) mass is 325 g/mol. The number of amides is 1. The van der Waals surface area contributed by atoms with Gasteiger partial charge in [-0.2, -0.15) is 0 Å². The van der Waals surface area contributed by atoms with Gasteiger partial charge >= 0.3 is 0 Å². The molecule has 0 saturated heterocycles.